The Bertz CT molecular complexity index is 314. The molecule has 110 valence electrons. The summed E-state index contributed by atoms with van der Waals surface area (Å²) in [6, 6.07) is 0. The normalized spacial score (nSPS) is 22.3. The van der Waals surface area contributed by atoms with Gasteiger partial charge in [0, 0.05) is 25.7 Å². The van der Waals surface area contributed by atoms with E-state index in [1.54, 1.807) is 7.05 Å². The van der Waals surface area contributed by atoms with E-state index in [0.717, 1.165) is 25.9 Å². The van der Waals surface area contributed by atoms with Crippen LogP contribution >= 0.6 is 0 Å². The van der Waals surface area contributed by atoms with E-state index in [-0.39, 0.29) is 30.4 Å². The molecule has 1 rings (SSSR count). The van der Waals surface area contributed by atoms with E-state index < -0.39 is 0 Å². The third-order valence-electron chi connectivity index (χ3n) is 3.41. The zero-order valence-corrected chi connectivity index (χ0v) is 12.2. The van der Waals surface area contributed by atoms with Gasteiger partial charge in [0.2, 0.25) is 11.8 Å². The highest BCUT2D eigenvalue weighted by atomic mass is 16.2. The largest absolute Gasteiger partial charge is 0.355 e. The van der Waals surface area contributed by atoms with Gasteiger partial charge in [0.25, 0.3) is 0 Å². The fourth-order valence-corrected chi connectivity index (χ4v) is 2.02. The summed E-state index contributed by atoms with van der Waals surface area (Å²) < 4.78 is 0. The van der Waals surface area contributed by atoms with Gasteiger partial charge in [-0.1, -0.05) is 6.92 Å². The quantitative estimate of drug-likeness (QED) is 0.573. The van der Waals surface area contributed by atoms with Crippen LogP contribution in [0, 0.1) is 0 Å². The zero-order chi connectivity index (χ0) is 14.3. The first-order valence-electron chi connectivity index (χ1n) is 6.93. The van der Waals surface area contributed by atoms with E-state index in [9.17, 15) is 9.59 Å². The average Bonchev–Trinajstić information content (AvgIpc) is 2.81. The van der Waals surface area contributed by atoms with E-state index in [2.05, 4.69) is 22.9 Å². The molecule has 1 fully saturated rings. The number of carbonyl (C=O) groups is 2. The topological polar surface area (TPSA) is 73.5 Å². The maximum atomic E-state index is 11.9. The second-order valence-corrected chi connectivity index (χ2v) is 5.44. The second kappa shape index (κ2) is 7.45. The minimum atomic E-state index is -0.105. The van der Waals surface area contributed by atoms with Crippen LogP contribution in [0.25, 0.3) is 0 Å². The molecule has 0 saturated carbocycles. The van der Waals surface area contributed by atoms with Gasteiger partial charge in [-0.2, -0.15) is 0 Å². The predicted molar refractivity (Wildman–Crippen MR) is 74.8 cm³/mol. The second-order valence-electron chi connectivity index (χ2n) is 5.44. The first-order chi connectivity index (χ1) is 8.97. The van der Waals surface area contributed by atoms with Crippen LogP contribution in [0.4, 0.5) is 0 Å². The molecule has 0 aliphatic carbocycles. The van der Waals surface area contributed by atoms with Crippen molar-refractivity contribution in [1.82, 2.24) is 20.9 Å². The molecule has 0 aromatic carbocycles. The average molecular weight is 270 g/mol. The van der Waals surface area contributed by atoms with Crippen molar-refractivity contribution >= 4 is 11.8 Å². The van der Waals surface area contributed by atoms with Gasteiger partial charge in [0.15, 0.2) is 0 Å². The van der Waals surface area contributed by atoms with Gasteiger partial charge < -0.3 is 20.9 Å². The van der Waals surface area contributed by atoms with E-state index >= 15 is 0 Å². The number of rotatable bonds is 7. The van der Waals surface area contributed by atoms with Gasteiger partial charge >= 0.3 is 0 Å². The maximum absolute atomic E-state index is 11.9. The summed E-state index contributed by atoms with van der Waals surface area (Å²) in [4.78, 5) is 24.9. The molecule has 6 heteroatoms. The molecule has 3 N–H and O–H groups in total. The molecule has 1 saturated heterocycles. The summed E-state index contributed by atoms with van der Waals surface area (Å²) in [5, 5.41) is 9.30. The third kappa shape index (κ3) is 5.57. The first-order valence-corrected chi connectivity index (χ1v) is 6.93. The molecule has 0 spiro atoms. The summed E-state index contributed by atoms with van der Waals surface area (Å²) in [6.07, 6.45) is 1.91. The van der Waals surface area contributed by atoms with Gasteiger partial charge in [0.1, 0.15) is 0 Å². The Kier molecular flexibility index (Phi) is 6.24. The molecule has 6 nitrogen and oxygen atoms in total. The molecule has 1 aliphatic rings. The molecule has 0 aromatic rings. The van der Waals surface area contributed by atoms with Crippen molar-refractivity contribution in [2.24, 2.45) is 0 Å². The molecule has 2 amide bonds. The van der Waals surface area contributed by atoms with Crippen molar-refractivity contribution < 1.29 is 9.59 Å². The van der Waals surface area contributed by atoms with E-state index in [1.165, 1.54) is 4.90 Å². The minimum Gasteiger partial charge on any atom is -0.355 e. The molecule has 0 radical (unpaired) electrons. The minimum absolute atomic E-state index is 0.0129. The van der Waals surface area contributed by atoms with E-state index in [0.29, 0.717) is 6.54 Å². The molecule has 1 atom stereocenters. The Labute approximate surface area is 115 Å². The molecular weight excluding hydrogens is 244 g/mol. The summed E-state index contributed by atoms with van der Waals surface area (Å²) >= 11 is 0. The predicted octanol–water partition coefficient (Wildman–Crippen LogP) is -0.687. The highest BCUT2D eigenvalue weighted by Gasteiger charge is 2.28. The van der Waals surface area contributed by atoms with Crippen molar-refractivity contribution in [2.75, 3.05) is 39.8 Å². The van der Waals surface area contributed by atoms with Gasteiger partial charge in [-0.15, -0.1) is 0 Å². The fraction of sp³-hybridized carbons (Fsp3) is 0.846. The van der Waals surface area contributed by atoms with Crippen molar-refractivity contribution in [3.05, 3.63) is 0 Å². The summed E-state index contributed by atoms with van der Waals surface area (Å²) in [5.41, 5.74) is -0.0129. The SMILES string of the molecule is CCCNC(=O)CN(C)C(=O)CNC1(C)CCNC1. The van der Waals surface area contributed by atoms with E-state index in [4.69, 9.17) is 0 Å². The molecule has 1 heterocycles. The van der Waals surface area contributed by atoms with Crippen LogP contribution in [0.1, 0.15) is 26.7 Å². The lowest BCUT2D eigenvalue weighted by molar-refractivity contribution is -0.134. The van der Waals surface area contributed by atoms with Crippen molar-refractivity contribution in [3.63, 3.8) is 0 Å². The van der Waals surface area contributed by atoms with Gasteiger partial charge in [-0.3, -0.25) is 9.59 Å². The summed E-state index contributed by atoms with van der Waals surface area (Å²) in [7, 11) is 1.66. The summed E-state index contributed by atoms with van der Waals surface area (Å²) in [5.74, 6) is -0.161. The van der Waals surface area contributed by atoms with Crippen LogP contribution in [0.2, 0.25) is 0 Å². The van der Waals surface area contributed by atoms with Gasteiger partial charge in [-0.05, 0) is 26.3 Å². The van der Waals surface area contributed by atoms with Gasteiger partial charge in [0.05, 0.1) is 13.1 Å². The standard InChI is InChI=1S/C13H26N4O2/c1-4-6-15-11(18)9-17(3)12(19)8-16-13(2)5-7-14-10-13/h14,16H,4-10H2,1-3H3,(H,15,18). The van der Waals surface area contributed by atoms with Gasteiger partial charge in [-0.25, -0.2) is 0 Å². The van der Waals surface area contributed by atoms with E-state index in [1.807, 2.05) is 6.92 Å². The number of likely N-dealkylation sites (N-methyl/N-ethyl adjacent to an activating group) is 1. The van der Waals surface area contributed by atoms with Crippen LogP contribution in [-0.4, -0.2) is 62.0 Å². The third-order valence-corrected chi connectivity index (χ3v) is 3.41. The Balaban J connectivity index is 2.26. The van der Waals surface area contributed by atoms with Crippen molar-refractivity contribution in [1.29, 1.82) is 0 Å². The Morgan fingerprint density at radius 2 is 2.16 bits per heavy atom. The highest BCUT2D eigenvalue weighted by molar-refractivity contribution is 5.85. The lowest BCUT2D eigenvalue weighted by Gasteiger charge is -2.26. The molecule has 19 heavy (non-hydrogen) atoms. The van der Waals surface area contributed by atoms with Crippen molar-refractivity contribution in [2.45, 2.75) is 32.2 Å². The fourth-order valence-electron chi connectivity index (χ4n) is 2.02. The molecule has 1 unspecified atom stereocenters. The Hall–Kier alpha value is -1.14. The number of hydrogen-bond donors (Lipinski definition) is 3. The molecule has 0 bridgehead atoms. The highest BCUT2D eigenvalue weighted by Crippen LogP contribution is 2.12. The number of hydrogen-bond acceptors (Lipinski definition) is 4. The van der Waals surface area contributed by atoms with Crippen molar-refractivity contribution in [3.8, 4) is 0 Å². The zero-order valence-electron chi connectivity index (χ0n) is 12.2. The number of nitrogens with zero attached hydrogens (tertiary/aromatic N) is 1. The smallest absolute Gasteiger partial charge is 0.239 e. The molecule has 0 aromatic heterocycles. The lowest BCUT2D eigenvalue weighted by atomic mass is 10.0. The maximum Gasteiger partial charge on any atom is 0.239 e. The number of amides is 2. The summed E-state index contributed by atoms with van der Waals surface area (Å²) in [6.45, 7) is 7.01. The monoisotopic (exact) mass is 270 g/mol. The van der Waals surface area contributed by atoms with Crippen LogP contribution in [0.3, 0.4) is 0 Å². The Morgan fingerprint density at radius 1 is 1.42 bits per heavy atom. The first kappa shape index (κ1) is 15.9. The molecule has 1 aliphatic heterocycles. The van der Waals surface area contributed by atoms with Crippen LogP contribution in [0.5, 0.6) is 0 Å². The number of nitrogens with one attached hydrogen (secondary N) is 3. The Morgan fingerprint density at radius 3 is 2.74 bits per heavy atom. The molecular formula is C13H26N4O2. The lowest BCUT2D eigenvalue weighted by Crippen LogP contribution is -2.50. The van der Waals surface area contributed by atoms with Crippen LogP contribution in [-0.2, 0) is 9.59 Å². The van der Waals surface area contributed by atoms with Crippen LogP contribution in [0.15, 0.2) is 0 Å². The number of carbonyl (C=O) groups excluding carboxylic acids is 2. The van der Waals surface area contributed by atoms with Crippen LogP contribution < -0.4 is 16.0 Å².